The summed E-state index contributed by atoms with van der Waals surface area (Å²) in [5, 5.41) is 14.7. The molecule has 8 nitrogen and oxygen atoms in total. The van der Waals surface area contributed by atoms with E-state index in [-0.39, 0.29) is 23.4 Å². The van der Waals surface area contributed by atoms with E-state index in [0.29, 0.717) is 23.2 Å². The van der Waals surface area contributed by atoms with E-state index in [0.717, 1.165) is 17.2 Å². The topological polar surface area (TPSA) is 118 Å². The highest BCUT2D eigenvalue weighted by molar-refractivity contribution is 5.99. The van der Waals surface area contributed by atoms with Gasteiger partial charge < -0.3 is 20.5 Å². The van der Waals surface area contributed by atoms with E-state index in [1.165, 1.54) is 19.2 Å². The lowest BCUT2D eigenvalue weighted by Gasteiger charge is -2.24. The molecule has 3 N–H and O–H groups in total. The average Bonchev–Trinajstić information content (AvgIpc) is 2.89. The van der Waals surface area contributed by atoms with Gasteiger partial charge in [-0.25, -0.2) is 13.8 Å². The zero-order valence-electron chi connectivity index (χ0n) is 23.1. The fourth-order valence-corrected chi connectivity index (χ4v) is 4.62. The number of aliphatic carboxylic acids is 1. The lowest BCUT2D eigenvalue weighted by molar-refractivity contribution is -0.137. The maximum atomic E-state index is 15.1. The third-order valence-corrected chi connectivity index (χ3v) is 6.53. The van der Waals surface area contributed by atoms with Crippen LogP contribution in [0.25, 0.3) is 11.1 Å². The summed E-state index contributed by atoms with van der Waals surface area (Å²) in [4.78, 5) is 42.3. The molecule has 0 spiro atoms. The first kappa shape index (κ1) is 30.2. The minimum Gasteiger partial charge on any atom is -0.481 e. The molecule has 212 valence electrons. The summed E-state index contributed by atoms with van der Waals surface area (Å²) in [5.41, 5.74) is 3.11. The van der Waals surface area contributed by atoms with Crippen molar-refractivity contribution in [1.29, 1.82) is 0 Å². The third kappa shape index (κ3) is 6.99. The number of benzene rings is 2. The number of carboxylic acid groups (broad SMARTS) is 1. The number of hydrogen-bond donors (Lipinski definition) is 3. The molecule has 2 atom stereocenters. The Morgan fingerprint density at radius 3 is 2.30 bits per heavy atom. The first-order valence-corrected chi connectivity index (χ1v) is 12.9. The molecule has 2 amide bonds. The number of carbonyl (C=O) groups excluding carboxylic acids is 2. The lowest BCUT2D eigenvalue weighted by Crippen LogP contribution is -2.48. The molecular formula is C30H33F2N3O5. The van der Waals surface area contributed by atoms with Crippen LogP contribution in [0.5, 0.6) is 5.88 Å². The van der Waals surface area contributed by atoms with Crippen molar-refractivity contribution in [2.45, 2.75) is 59.0 Å². The molecular weight excluding hydrogens is 520 g/mol. The Labute approximate surface area is 231 Å². The lowest BCUT2D eigenvalue weighted by atomic mass is 9.92. The van der Waals surface area contributed by atoms with Crippen LogP contribution in [-0.2, 0) is 9.59 Å². The Morgan fingerprint density at radius 2 is 1.70 bits per heavy atom. The Hall–Kier alpha value is -4.34. The van der Waals surface area contributed by atoms with Gasteiger partial charge >= 0.3 is 5.97 Å². The maximum absolute atomic E-state index is 15.1. The number of carboxylic acids is 1. The zero-order valence-corrected chi connectivity index (χ0v) is 23.1. The number of halogens is 2. The van der Waals surface area contributed by atoms with Crippen LogP contribution in [0.4, 0.5) is 8.78 Å². The van der Waals surface area contributed by atoms with Gasteiger partial charge in [0.1, 0.15) is 11.6 Å². The van der Waals surface area contributed by atoms with Gasteiger partial charge in [0.2, 0.25) is 11.8 Å². The van der Waals surface area contributed by atoms with Crippen LogP contribution in [-0.4, -0.2) is 41.0 Å². The van der Waals surface area contributed by atoms with Crippen LogP contribution in [0.1, 0.15) is 65.0 Å². The summed E-state index contributed by atoms with van der Waals surface area (Å²) in [6.07, 6.45) is -0.00462. The van der Waals surface area contributed by atoms with Crippen LogP contribution in [0.15, 0.2) is 42.5 Å². The van der Waals surface area contributed by atoms with E-state index in [1.807, 2.05) is 32.0 Å². The molecule has 0 aliphatic rings. The van der Waals surface area contributed by atoms with Crippen LogP contribution >= 0.6 is 0 Å². The SMILES string of the molecule is CCC[C@H](NC(=O)c1ccc(C)nc1OC)C(=O)N[C@@H](CC(=O)O)c1cc(-c2c(C)cccc2C)cc(F)c1F. The van der Waals surface area contributed by atoms with E-state index in [1.54, 1.807) is 19.9 Å². The summed E-state index contributed by atoms with van der Waals surface area (Å²) in [5.74, 6) is -5.03. The van der Waals surface area contributed by atoms with Crippen molar-refractivity contribution >= 4 is 17.8 Å². The van der Waals surface area contributed by atoms with Crippen molar-refractivity contribution in [1.82, 2.24) is 15.6 Å². The number of nitrogens with zero attached hydrogens (tertiary/aromatic N) is 1. The number of pyridine rings is 1. The highest BCUT2D eigenvalue weighted by Gasteiger charge is 2.29. The number of aryl methyl sites for hydroxylation is 3. The summed E-state index contributed by atoms with van der Waals surface area (Å²) >= 11 is 0. The number of rotatable bonds is 11. The van der Waals surface area contributed by atoms with Gasteiger partial charge in [-0.05, 0) is 73.7 Å². The molecule has 0 aliphatic heterocycles. The molecule has 0 aliphatic carbocycles. The molecule has 1 heterocycles. The zero-order chi connectivity index (χ0) is 29.6. The fourth-order valence-electron chi connectivity index (χ4n) is 4.62. The van der Waals surface area contributed by atoms with Gasteiger partial charge in [-0.3, -0.25) is 14.4 Å². The highest BCUT2D eigenvalue weighted by atomic mass is 19.2. The summed E-state index contributed by atoms with van der Waals surface area (Å²) in [7, 11) is 1.37. The third-order valence-electron chi connectivity index (χ3n) is 6.53. The standard InChI is InChI=1S/C30H33F2N3O5/c1-6-8-23(34-28(38)20-12-11-18(4)33-30(20)40-5)29(39)35-24(15-25(36)37)21-13-19(14-22(31)27(21)32)26-16(2)9-7-10-17(26)3/h7,9-14,23-24H,6,8,15H2,1-5H3,(H,34,38)(H,35,39)(H,36,37)/t23-,24-/m0/s1. The molecule has 0 saturated carbocycles. The Kier molecular flexibility index (Phi) is 9.93. The van der Waals surface area contributed by atoms with E-state index in [9.17, 15) is 23.9 Å². The summed E-state index contributed by atoms with van der Waals surface area (Å²) in [6, 6.07) is 8.55. The summed E-state index contributed by atoms with van der Waals surface area (Å²) in [6.45, 7) is 7.20. The maximum Gasteiger partial charge on any atom is 0.305 e. The number of amides is 2. The van der Waals surface area contributed by atoms with Gasteiger partial charge in [0.25, 0.3) is 5.91 Å². The van der Waals surface area contributed by atoms with Gasteiger partial charge in [0.15, 0.2) is 11.6 Å². The quantitative estimate of drug-likeness (QED) is 0.301. The number of aromatic nitrogens is 1. The molecule has 3 aromatic rings. The summed E-state index contributed by atoms with van der Waals surface area (Å²) < 4.78 is 35.2. The molecule has 2 aromatic carbocycles. The van der Waals surface area contributed by atoms with E-state index in [2.05, 4.69) is 15.6 Å². The fraction of sp³-hybridized carbons (Fsp3) is 0.333. The van der Waals surface area contributed by atoms with Crippen LogP contribution in [0, 0.1) is 32.4 Å². The van der Waals surface area contributed by atoms with Crippen molar-refractivity contribution in [2.75, 3.05) is 7.11 Å². The molecule has 40 heavy (non-hydrogen) atoms. The van der Waals surface area contributed by atoms with Crippen LogP contribution < -0.4 is 15.4 Å². The second-order valence-corrected chi connectivity index (χ2v) is 9.61. The largest absolute Gasteiger partial charge is 0.481 e. The van der Waals surface area contributed by atoms with Crippen molar-refractivity contribution in [2.24, 2.45) is 0 Å². The minimum atomic E-state index is -1.41. The smallest absolute Gasteiger partial charge is 0.305 e. The molecule has 0 bridgehead atoms. The minimum absolute atomic E-state index is 0.0813. The number of carbonyl (C=O) groups is 3. The number of hydrogen-bond acceptors (Lipinski definition) is 5. The molecule has 0 radical (unpaired) electrons. The van der Waals surface area contributed by atoms with Gasteiger partial charge in [-0.2, -0.15) is 0 Å². The molecule has 0 saturated heterocycles. The normalized spacial score (nSPS) is 12.4. The van der Waals surface area contributed by atoms with Gasteiger partial charge in [0, 0.05) is 11.3 Å². The number of ether oxygens (including phenoxy) is 1. The van der Waals surface area contributed by atoms with E-state index < -0.39 is 47.9 Å². The van der Waals surface area contributed by atoms with E-state index >= 15 is 4.39 Å². The number of methoxy groups -OCH3 is 1. The first-order chi connectivity index (χ1) is 19.0. The van der Waals surface area contributed by atoms with E-state index in [4.69, 9.17) is 4.74 Å². The Bertz CT molecular complexity index is 1410. The van der Waals surface area contributed by atoms with Crippen LogP contribution in [0.2, 0.25) is 0 Å². The van der Waals surface area contributed by atoms with Gasteiger partial charge in [-0.15, -0.1) is 0 Å². The molecule has 0 fully saturated rings. The first-order valence-electron chi connectivity index (χ1n) is 12.9. The van der Waals surface area contributed by atoms with Crippen LogP contribution in [0.3, 0.4) is 0 Å². The van der Waals surface area contributed by atoms with Crippen molar-refractivity contribution in [3.8, 4) is 17.0 Å². The Morgan fingerprint density at radius 1 is 1.02 bits per heavy atom. The Balaban J connectivity index is 1.96. The van der Waals surface area contributed by atoms with Gasteiger partial charge in [-0.1, -0.05) is 31.5 Å². The van der Waals surface area contributed by atoms with Crippen molar-refractivity contribution in [3.05, 3.63) is 82.0 Å². The predicted octanol–water partition coefficient (Wildman–Crippen LogP) is 5.19. The average molecular weight is 554 g/mol. The predicted molar refractivity (Wildman–Crippen MR) is 146 cm³/mol. The molecule has 0 unspecified atom stereocenters. The molecule has 3 rings (SSSR count). The molecule has 10 heteroatoms. The number of nitrogens with one attached hydrogen (secondary N) is 2. The van der Waals surface area contributed by atoms with Gasteiger partial charge in [0.05, 0.1) is 19.6 Å². The highest BCUT2D eigenvalue weighted by Crippen LogP contribution is 2.33. The second kappa shape index (κ2) is 13.1. The monoisotopic (exact) mass is 553 g/mol. The van der Waals surface area contributed by atoms with Crippen molar-refractivity contribution < 1.29 is 33.0 Å². The molecule has 1 aromatic heterocycles. The van der Waals surface area contributed by atoms with Crippen molar-refractivity contribution in [3.63, 3.8) is 0 Å². The second-order valence-electron chi connectivity index (χ2n) is 9.61.